The molecule has 0 unspecified atom stereocenters. The fourth-order valence-corrected chi connectivity index (χ4v) is 3.16. The van der Waals surface area contributed by atoms with Crippen molar-refractivity contribution in [1.82, 2.24) is 15.8 Å². The number of nitrogens with one attached hydrogen (secondary N) is 3. The number of aromatic nitrogens is 1. The summed E-state index contributed by atoms with van der Waals surface area (Å²) in [6, 6.07) is 16.3. The van der Waals surface area contributed by atoms with Crippen molar-refractivity contribution in [2.24, 2.45) is 5.41 Å². The fraction of sp³-hybridized carbons (Fsp3) is 0.345. The summed E-state index contributed by atoms with van der Waals surface area (Å²) in [5, 5.41) is 22.3. The predicted molar refractivity (Wildman–Crippen MR) is 144 cm³/mol. The monoisotopic (exact) mass is 477 g/mol. The zero-order valence-corrected chi connectivity index (χ0v) is 21.3. The zero-order chi connectivity index (χ0) is 25.8. The molecule has 0 radical (unpaired) electrons. The third kappa shape index (κ3) is 9.53. The second-order valence-corrected chi connectivity index (χ2v) is 9.65. The summed E-state index contributed by atoms with van der Waals surface area (Å²) in [5.74, 6) is -0.549. The van der Waals surface area contributed by atoms with E-state index in [9.17, 15) is 4.79 Å². The van der Waals surface area contributed by atoms with Gasteiger partial charge in [0.25, 0.3) is 5.91 Å². The van der Waals surface area contributed by atoms with Gasteiger partial charge in [-0.05, 0) is 60.2 Å². The molecule has 6 nitrogen and oxygen atoms in total. The first-order valence-electron chi connectivity index (χ1n) is 11.9. The molecule has 1 heterocycles. The molecule has 188 valence electrons. The smallest absolute Gasteiger partial charge is 0.267 e. The van der Waals surface area contributed by atoms with Crippen molar-refractivity contribution in [3.63, 3.8) is 0 Å². The van der Waals surface area contributed by atoms with Crippen molar-refractivity contribution in [2.75, 3.05) is 13.2 Å². The molecule has 0 saturated carbocycles. The Morgan fingerprint density at radius 2 is 1.80 bits per heavy atom. The minimum atomic E-state index is -0.549. The number of hydrogen-bond donors (Lipinski definition) is 5. The van der Waals surface area contributed by atoms with Gasteiger partial charge in [0, 0.05) is 42.2 Å². The third-order valence-electron chi connectivity index (χ3n) is 5.89. The highest BCUT2D eigenvalue weighted by molar-refractivity contribution is 5.90. The number of H-pyrrole nitrogens is 1. The van der Waals surface area contributed by atoms with Crippen LogP contribution in [0.15, 0.2) is 66.8 Å². The molecule has 5 N–H and O–H groups in total. The summed E-state index contributed by atoms with van der Waals surface area (Å²) in [7, 11) is 0. The van der Waals surface area contributed by atoms with E-state index in [1.54, 1.807) is 11.6 Å². The summed E-state index contributed by atoms with van der Waals surface area (Å²) in [6.45, 7) is 14.1. The standard InChI is InChI=1S/C22H25N3O3.C7H14/c26-13-11-19-14-20-18(2-1-3-21(20)24-19)10-12-23-15-17-6-4-16(5-7-17)8-9-22(27)25-28;1-6(2)7(3,4)5/h1-9,14,23-24,26,28H,10-13,15H2,(H,25,27);1H2,2-5H3/b9-8+;. The van der Waals surface area contributed by atoms with Crippen LogP contribution in [0.1, 0.15) is 50.1 Å². The van der Waals surface area contributed by atoms with Crippen LogP contribution in [0.5, 0.6) is 0 Å². The molecule has 3 aromatic rings. The van der Waals surface area contributed by atoms with Crippen molar-refractivity contribution >= 4 is 22.9 Å². The van der Waals surface area contributed by atoms with Gasteiger partial charge in [0.15, 0.2) is 0 Å². The van der Waals surface area contributed by atoms with Gasteiger partial charge in [-0.25, -0.2) is 5.48 Å². The summed E-state index contributed by atoms with van der Waals surface area (Å²) in [6.07, 6.45) is 4.49. The second kappa shape index (κ2) is 13.6. The molecule has 1 amide bonds. The molecule has 6 heteroatoms. The Morgan fingerprint density at radius 1 is 1.11 bits per heavy atom. The van der Waals surface area contributed by atoms with Crippen LogP contribution in [-0.2, 0) is 24.2 Å². The predicted octanol–water partition coefficient (Wildman–Crippen LogP) is 5.16. The van der Waals surface area contributed by atoms with Gasteiger partial charge in [0.1, 0.15) is 0 Å². The van der Waals surface area contributed by atoms with Gasteiger partial charge in [-0.2, -0.15) is 0 Å². The molecular weight excluding hydrogens is 438 g/mol. The first-order valence-corrected chi connectivity index (χ1v) is 11.9. The van der Waals surface area contributed by atoms with E-state index < -0.39 is 5.91 Å². The van der Waals surface area contributed by atoms with Crippen LogP contribution < -0.4 is 10.8 Å². The average Bonchev–Trinajstić information content (AvgIpc) is 3.24. The highest BCUT2D eigenvalue weighted by Crippen LogP contribution is 2.22. The minimum Gasteiger partial charge on any atom is -0.396 e. The molecule has 0 atom stereocenters. The summed E-state index contributed by atoms with van der Waals surface area (Å²) in [5.41, 5.74) is 8.62. The number of benzene rings is 2. The Balaban J connectivity index is 0.000000540. The number of aliphatic hydroxyl groups is 1. The van der Waals surface area contributed by atoms with Crippen LogP contribution >= 0.6 is 0 Å². The molecule has 0 aliphatic carbocycles. The third-order valence-corrected chi connectivity index (χ3v) is 5.89. The summed E-state index contributed by atoms with van der Waals surface area (Å²) in [4.78, 5) is 14.3. The molecule has 3 rings (SSSR count). The largest absolute Gasteiger partial charge is 0.396 e. The van der Waals surface area contributed by atoms with Crippen LogP contribution in [0.4, 0.5) is 0 Å². The summed E-state index contributed by atoms with van der Waals surface area (Å²) >= 11 is 0. The molecule has 0 saturated heterocycles. The van der Waals surface area contributed by atoms with Crippen LogP contribution in [0.2, 0.25) is 0 Å². The molecule has 2 aromatic carbocycles. The maximum absolute atomic E-state index is 11.0. The Morgan fingerprint density at radius 3 is 2.40 bits per heavy atom. The Hall–Kier alpha value is -3.19. The van der Waals surface area contributed by atoms with Crippen molar-refractivity contribution in [3.8, 4) is 0 Å². The van der Waals surface area contributed by atoms with Crippen molar-refractivity contribution in [2.45, 2.75) is 47.1 Å². The number of aromatic amines is 1. The zero-order valence-electron chi connectivity index (χ0n) is 21.3. The normalized spacial score (nSPS) is 11.4. The molecule has 0 spiro atoms. The Bertz CT molecular complexity index is 1120. The minimum absolute atomic E-state index is 0.146. The number of rotatable bonds is 9. The van der Waals surface area contributed by atoms with Gasteiger partial charge in [0.05, 0.1) is 0 Å². The van der Waals surface area contributed by atoms with Crippen molar-refractivity contribution < 1.29 is 15.1 Å². The lowest BCUT2D eigenvalue weighted by Crippen LogP contribution is -2.16. The lowest BCUT2D eigenvalue weighted by atomic mass is 9.89. The second-order valence-electron chi connectivity index (χ2n) is 9.65. The van der Waals surface area contributed by atoms with Gasteiger partial charge in [0.2, 0.25) is 0 Å². The maximum atomic E-state index is 11.0. The molecule has 0 aliphatic heterocycles. The number of amides is 1. The topological polar surface area (TPSA) is 97.4 Å². The van der Waals surface area contributed by atoms with E-state index in [-0.39, 0.29) is 6.61 Å². The fourth-order valence-electron chi connectivity index (χ4n) is 3.16. The van der Waals surface area contributed by atoms with E-state index in [0.29, 0.717) is 11.8 Å². The van der Waals surface area contributed by atoms with Crippen LogP contribution in [-0.4, -0.2) is 34.4 Å². The number of carbonyl (C=O) groups excluding carboxylic acids is 1. The van der Waals surface area contributed by atoms with E-state index in [0.717, 1.165) is 41.8 Å². The highest BCUT2D eigenvalue weighted by atomic mass is 16.5. The van der Waals surface area contributed by atoms with Gasteiger partial charge >= 0.3 is 0 Å². The molecule has 0 aliphatic rings. The Kier molecular flexibility index (Phi) is 10.9. The Labute approximate surface area is 208 Å². The van der Waals surface area contributed by atoms with E-state index >= 15 is 0 Å². The van der Waals surface area contributed by atoms with E-state index in [2.05, 4.69) is 68.8 Å². The number of allylic oxidation sites excluding steroid dienone is 1. The number of carbonyl (C=O) groups is 1. The van der Waals surface area contributed by atoms with Crippen LogP contribution in [0.25, 0.3) is 17.0 Å². The van der Waals surface area contributed by atoms with Crippen LogP contribution in [0, 0.1) is 5.41 Å². The van der Waals surface area contributed by atoms with E-state index in [1.807, 2.05) is 24.3 Å². The lowest BCUT2D eigenvalue weighted by Gasteiger charge is -2.16. The van der Waals surface area contributed by atoms with Gasteiger partial charge in [-0.3, -0.25) is 10.0 Å². The molecular formula is C29H39N3O3. The summed E-state index contributed by atoms with van der Waals surface area (Å²) < 4.78 is 0. The highest BCUT2D eigenvalue weighted by Gasteiger charge is 2.08. The van der Waals surface area contributed by atoms with Gasteiger partial charge in [-0.1, -0.05) is 69.3 Å². The first kappa shape index (κ1) is 28.1. The van der Waals surface area contributed by atoms with Crippen molar-refractivity contribution in [3.05, 3.63) is 89.1 Å². The number of aliphatic hydroxyl groups excluding tert-OH is 1. The number of hydrogen-bond acceptors (Lipinski definition) is 4. The number of fused-ring (bicyclic) bond motifs is 1. The van der Waals surface area contributed by atoms with Crippen LogP contribution in [0.3, 0.4) is 0 Å². The van der Waals surface area contributed by atoms with Gasteiger partial charge in [-0.15, -0.1) is 0 Å². The quantitative estimate of drug-likeness (QED) is 0.0966. The van der Waals surface area contributed by atoms with Gasteiger partial charge < -0.3 is 15.4 Å². The van der Waals surface area contributed by atoms with Crippen molar-refractivity contribution in [1.29, 1.82) is 0 Å². The SMILES string of the molecule is C=C(C)C(C)(C)C.O=C(/C=C/c1ccc(CNCCc2cccc3[nH]c(CCO)cc23)cc1)NO. The molecule has 0 fully saturated rings. The average molecular weight is 478 g/mol. The maximum Gasteiger partial charge on any atom is 0.267 e. The van der Waals surface area contributed by atoms with E-state index in [4.69, 9.17) is 10.3 Å². The molecule has 35 heavy (non-hydrogen) atoms. The number of hydroxylamine groups is 1. The van der Waals surface area contributed by atoms with E-state index in [1.165, 1.54) is 22.6 Å². The lowest BCUT2D eigenvalue weighted by molar-refractivity contribution is -0.124. The molecule has 1 aromatic heterocycles. The molecule has 0 bridgehead atoms. The first-order chi connectivity index (χ1) is 16.6.